The molecule has 0 saturated heterocycles. The van der Waals surface area contributed by atoms with Gasteiger partial charge in [-0.1, -0.05) is 13.8 Å². The minimum absolute atomic E-state index is 0.0488. The number of anilines is 1. The van der Waals surface area contributed by atoms with Gasteiger partial charge in [0.25, 0.3) is 0 Å². The van der Waals surface area contributed by atoms with Gasteiger partial charge in [0.05, 0.1) is 19.1 Å². The molecule has 1 aromatic carbocycles. The van der Waals surface area contributed by atoms with Crippen molar-refractivity contribution in [1.29, 1.82) is 5.26 Å². The highest BCUT2D eigenvalue weighted by molar-refractivity contribution is 5.56. The number of aryl methyl sites for hydroxylation is 2. The molecule has 0 radical (unpaired) electrons. The largest absolute Gasteiger partial charge is 0.496 e. The average Bonchev–Trinajstić information content (AvgIpc) is 2.34. The van der Waals surface area contributed by atoms with Gasteiger partial charge in [-0.15, -0.1) is 0 Å². The molecule has 0 aliphatic heterocycles. The van der Waals surface area contributed by atoms with Crippen molar-refractivity contribution >= 4 is 5.69 Å². The van der Waals surface area contributed by atoms with Crippen molar-refractivity contribution in [1.82, 2.24) is 0 Å². The first-order valence-corrected chi connectivity index (χ1v) is 6.66. The Labute approximate surface area is 116 Å². The summed E-state index contributed by atoms with van der Waals surface area (Å²) in [5, 5.41) is 9.19. The van der Waals surface area contributed by atoms with Crippen molar-refractivity contribution in [2.45, 2.75) is 27.7 Å². The van der Waals surface area contributed by atoms with Gasteiger partial charge in [-0.05, 0) is 43.0 Å². The predicted octanol–water partition coefficient (Wildman–Crippen LogP) is 3.54. The number of ether oxygens (including phenoxy) is 1. The van der Waals surface area contributed by atoms with Gasteiger partial charge < -0.3 is 9.64 Å². The lowest BCUT2D eigenvalue weighted by Crippen LogP contribution is -2.27. The molecule has 0 spiro atoms. The van der Waals surface area contributed by atoms with Gasteiger partial charge in [0.15, 0.2) is 0 Å². The molecular formula is C16H24N2O. The summed E-state index contributed by atoms with van der Waals surface area (Å²) in [6.07, 6.45) is 0. The molecule has 0 saturated carbocycles. The number of benzene rings is 1. The van der Waals surface area contributed by atoms with Gasteiger partial charge >= 0.3 is 0 Å². The van der Waals surface area contributed by atoms with Crippen LogP contribution in [0.1, 0.15) is 25.0 Å². The fourth-order valence-corrected chi connectivity index (χ4v) is 2.27. The first-order valence-electron chi connectivity index (χ1n) is 6.66. The fraction of sp³-hybridized carbons (Fsp3) is 0.562. The van der Waals surface area contributed by atoms with Crippen LogP contribution in [0.15, 0.2) is 12.1 Å². The van der Waals surface area contributed by atoms with E-state index in [9.17, 15) is 5.26 Å². The van der Waals surface area contributed by atoms with E-state index in [4.69, 9.17) is 4.74 Å². The molecule has 0 amide bonds. The van der Waals surface area contributed by atoms with Crippen LogP contribution in [0.25, 0.3) is 0 Å². The Balaban J connectivity index is 2.95. The van der Waals surface area contributed by atoms with E-state index in [2.05, 4.69) is 36.9 Å². The highest BCUT2D eigenvalue weighted by Crippen LogP contribution is 2.29. The highest BCUT2D eigenvalue weighted by Gasteiger charge is 2.16. The van der Waals surface area contributed by atoms with Crippen LogP contribution in [-0.2, 0) is 0 Å². The Morgan fingerprint density at radius 2 is 1.79 bits per heavy atom. The van der Waals surface area contributed by atoms with Gasteiger partial charge in [-0.2, -0.15) is 5.26 Å². The molecule has 1 aromatic rings. The van der Waals surface area contributed by atoms with Gasteiger partial charge in [-0.25, -0.2) is 0 Å². The maximum Gasteiger partial charge on any atom is 0.124 e. The molecule has 0 bridgehead atoms. The van der Waals surface area contributed by atoms with E-state index in [0.717, 1.165) is 29.1 Å². The van der Waals surface area contributed by atoms with E-state index in [1.54, 1.807) is 7.11 Å². The molecule has 104 valence electrons. The molecule has 0 aliphatic rings. The van der Waals surface area contributed by atoms with Crippen LogP contribution in [0.4, 0.5) is 5.69 Å². The van der Waals surface area contributed by atoms with Gasteiger partial charge in [0.1, 0.15) is 5.75 Å². The van der Waals surface area contributed by atoms with Crippen molar-refractivity contribution in [2.24, 2.45) is 11.8 Å². The van der Waals surface area contributed by atoms with Crippen LogP contribution in [0, 0.1) is 37.0 Å². The second-order valence-electron chi connectivity index (χ2n) is 5.47. The summed E-state index contributed by atoms with van der Waals surface area (Å²) in [6, 6.07) is 6.61. The zero-order valence-electron chi connectivity index (χ0n) is 12.8. The van der Waals surface area contributed by atoms with Crippen molar-refractivity contribution in [3.05, 3.63) is 23.3 Å². The number of methoxy groups -OCH3 is 1. The van der Waals surface area contributed by atoms with E-state index in [-0.39, 0.29) is 5.92 Å². The Morgan fingerprint density at radius 1 is 1.26 bits per heavy atom. The first-order chi connectivity index (χ1) is 8.90. The molecule has 1 atom stereocenters. The second-order valence-corrected chi connectivity index (χ2v) is 5.47. The standard InChI is InChI=1S/C16H24N2O/c1-11(2)14(9-17)10-18(5)15-7-12(3)16(19-6)13(4)8-15/h7-8,11,14H,10H2,1-6H3. The summed E-state index contributed by atoms with van der Waals surface area (Å²) in [6.45, 7) is 9.03. The zero-order valence-corrected chi connectivity index (χ0v) is 12.8. The van der Waals surface area contributed by atoms with E-state index in [1.807, 2.05) is 20.9 Å². The average molecular weight is 260 g/mol. The molecule has 0 fully saturated rings. The summed E-state index contributed by atoms with van der Waals surface area (Å²) in [5.41, 5.74) is 3.39. The highest BCUT2D eigenvalue weighted by atomic mass is 16.5. The Hall–Kier alpha value is -1.69. The lowest BCUT2D eigenvalue weighted by Gasteiger charge is -2.25. The van der Waals surface area contributed by atoms with Crippen LogP contribution >= 0.6 is 0 Å². The number of hydrogen-bond acceptors (Lipinski definition) is 3. The molecule has 1 rings (SSSR count). The molecule has 3 nitrogen and oxygen atoms in total. The fourth-order valence-electron chi connectivity index (χ4n) is 2.27. The normalized spacial score (nSPS) is 12.1. The minimum Gasteiger partial charge on any atom is -0.496 e. The van der Waals surface area contributed by atoms with Crippen LogP contribution in [0.3, 0.4) is 0 Å². The van der Waals surface area contributed by atoms with Crippen molar-refractivity contribution < 1.29 is 4.74 Å². The first kappa shape index (κ1) is 15.4. The number of nitrogens with zero attached hydrogens (tertiary/aromatic N) is 2. The Kier molecular flexibility index (Phi) is 5.23. The van der Waals surface area contributed by atoms with E-state index < -0.39 is 0 Å². The number of rotatable bonds is 5. The van der Waals surface area contributed by atoms with Crippen molar-refractivity contribution in [3.8, 4) is 11.8 Å². The summed E-state index contributed by atoms with van der Waals surface area (Å²) in [4.78, 5) is 2.15. The lowest BCUT2D eigenvalue weighted by molar-refractivity contribution is 0.408. The van der Waals surface area contributed by atoms with E-state index in [1.165, 1.54) is 0 Å². The molecule has 0 heterocycles. The van der Waals surface area contributed by atoms with Crippen molar-refractivity contribution in [2.75, 3.05) is 25.6 Å². The number of nitriles is 1. The molecule has 0 N–H and O–H groups in total. The summed E-state index contributed by atoms with van der Waals surface area (Å²) >= 11 is 0. The third-order valence-electron chi connectivity index (χ3n) is 3.53. The molecule has 19 heavy (non-hydrogen) atoms. The van der Waals surface area contributed by atoms with E-state index in [0.29, 0.717) is 5.92 Å². The lowest BCUT2D eigenvalue weighted by atomic mass is 9.96. The Morgan fingerprint density at radius 3 is 2.16 bits per heavy atom. The van der Waals surface area contributed by atoms with Crippen LogP contribution in [0.2, 0.25) is 0 Å². The SMILES string of the molecule is COc1c(C)cc(N(C)CC(C#N)C(C)C)cc1C. The third-order valence-corrected chi connectivity index (χ3v) is 3.53. The quantitative estimate of drug-likeness (QED) is 0.812. The van der Waals surface area contributed by atoms with Crippen LogP contribution < -0.4 is 9.64 Å². The van der Waals surface area contributed by atoms with Crippen molar-refractivity contribution in [3.63, 3.8) is 0 Å². The second kappa shape index (κ2) is 6.47. The van der Waals surface area contributed by atoms with Crippen LogP contribution in [-0.4, -0.2) is 20.7 Å². The minimum atomic E-state index is 0.0488. The molecule has 3 heteroatoms. The van der Waals surface area contributed by atoms with Gasteiger partial charge in [-0.3, -0.25) is 0 Å². The molecule has 0 aliphatic carbocycles. The van der Waals surface area contributed by atoms with Crippen LogP contribution in [0.5, 0.6) is 5.75 Å². The van der Waals surface area contributed by atoms with Gasteiger partial charge in [0.2, 0.25) is 0 Å². The third kappa shape index (κ3) is 3.64. The Bertz CT molecular complexity index is 451. The molecule has 0 aromatic heterocycles. The summed E-state index contributed by atoms with van der Waals surface area (Å²) < 4.78 is 5.38. The predicted molar refractivity (Wildman–Crippen MR) is 79.7 cm³/mol. The maximum atomic E-state index is 9.19. The monoisotopic (exact) mass is 260 g/mol. The maximum absolute atomic E-state index is 9.19. The van der Waals surface area contributed by atoms with Gasteiger partial charge in [0, 0.05) is 19.3 Å². The van der Waals surface area contributed by atoms with E-state index >= 15 is 0 Å². The topological polar surface area (TPSA) is 36.3 Å². The molecular weight excluding hydrogens is 236 g/mol. The summed E-state index contributed by atoms with van der Waals surface area (Å²) in [5.74, 6) is 1.36. The number of hydrogen-bond donors (Lipinski definition) is 0. The smallest absolute Gasteiger partial charge is 0.124 e. The summed E-state index contributed by atoms with van der Waals surface area (Å²) in [7, 11) is 3.73. The molecule has 1 unspecified atom stereocenters. The zero-order chi connectivity index (χ0) is 14.6.